The fraction of sp³-hybridized carbons (Fsp3) is 0.222. The molecule has 0 spiro atoms. The molecule has 72 valence electrons. The van der Waals surface area contributed by atoms with Crippen LogP contribution in [0.25, 0.3) is 11.6 Å². The molecule has 0 atom stereocenters. The fourth-order valence-corrected chi connectivity index (χ4v) is 1.27. The van der Waals surface area contributed by atoms with Crippen LogP contribution in [0.2, 0.25) is 0 Å². The first-order valence-corrected chi connectivity index (χ1v) is 5.32. The topological polar surface area (TPSA) is 51.8 Å². The van der Waals surface area contributed by atoms with Crippen molar-refractivity contribution in [3.63, 3.8) is 0 Å². The molecule has 2 rings (SSSR count). The van der Waals surface area contributed by atoms with Crippen LogP contribution in [-0.2, 0) is 0 Å². The van der Waals surface area contributed by atoms with Gasteiger partial charge in [0, 0.05) is 6.20 Å². The highest BCUT2D eigenvalue weighted by atomic mass is 32.2. The van der Waals surface area contributed by atoms with Gasteiger partial charge < -0.3 is 4.42 Å². The minimum absolute atomic E-state index is 0.467. The summed E-state index contributed by atoms with van der Waals surface area (Å²) >= 11 is 1.42. The molecule has 2 aromatic heterocycles. The summed E-state index contributed by atoms with van der Waals surface area (Å²) in [4.78, 5) is 4.19. The highest BCUT2D eigenvalue weighted by Crippen LogP contribution is 2.19. The molecule has 0 fully saturated rings. The molecule has 0 saturated carbocycles. The van der Waals surface area contributed by atoms with E-state index in [-0.39, 0.29) is 0 Å². The lowest BCUT2D eigenvalue weighted by molar-refractivity contribution is 0.465. The van der Waals surface area contributed by atoms with Gasteiger partial charge in [-0.15, -0.1) is 10.2 Å². The third kappa shape index (κ3) is 1.77. The Kier molecular flexibility index (Phi) is 2.49. The predicted molar refractivity (Wildman–Crippen MR) is 54.0 cm³/mol. The molecule has 4 nitrogen and oxygen atoms in total. The Balaban J connectivity index is 2.34. The van der Waals surface area contributed by atoms with E-state index in [4.69, 9.17) is 4.42 Å². The minimum Gasteiger partial charge on any atom is -0.410 e. The molecule has 2 heterocycles. The van der Waals surface area contributed by atoms with Crippen molar-refractivity contribution in [2.45, 2.75) is 12.1 Å². The van der Waals surface area contributed by atoms with Crippen LogP contribution in [-0.4, -0.2) is 21.4 Å². The van der Waals surface area contributed by atoms with Crippen molar-refractivity contribution >= 4 is 11.8 Å². The summed E-state index contributed by atoms with van der Waals surface area (Å²) in [5, 5.41) is 8.28. The maximum absolute atomic E-state index is 5.34. The third-order valence-corrected chi connectivity index (χ3v) is 2.23. The van der Waals surface area contributed by atoms with Gasteiger partial charge in [-0.05, 0) is 24.8 Å². The molecule has 2 aromatic rings. The van der Waals surface area contributed by atoms with E-state index in [0.717, 1.165) is 5.56 Å². The van der Waals surface area contributed by atoms with Gasteiger partial charge in [0.05, 0.1) is 0 Å². The lowest BCUT2D eigenvalue weighted by Gasteiger charge is -1.93. The van der Waals surface area contributed by atoms with E-state index in [9.17, 15) is 0 Å². The molecule has 0 aliphatic rings. The van der Waals surface area contributed by atoms with E-state index >= 15 is 0 Å². The van der Waals surface area contributed by atoms with Crippen molar-refractivity contribution in [1.29, 1.82) is 0 Å². The molecular formula is C9H9N3OS. The van der Waals surface area contributed by atoms with Crippen LogP contribution in [0.3, 0.4) is 0 Å². The van der Waals surface area contributed by atoms with Gasteiger partial charge >= 0.3 is 0 Å². The molecule has 0 aromatic carbocycles. The Hall–Kier alpha value is -1.36. The van der Waals surface area contributed by atoms with Crippen molar-refractivity contribution in [2.75, 3.05) is 6.26 Å². The van der Waals surface area contributed by atoms with Gasteiger partial charge in [0.15, 0.2) is 0 Å². The standard InChI is InChI=1S/C9H9N3OS/c1-6-3-4-7(10-5-6)8-11-12-9(13-8)14-2/h3-5H,1-2H3. The van der Waals surface area contributed by atoms with Crippen molar-refractivity contribution in [3.8, 4) is 11.6 Å². The normalized spacial score (nSPS) is 10.4. The van der Waals surface area contributed by atoms with Crippen molar-refractivity contribution in [3.05, 3.63) is 23.9 Å². The maximum Gasteiger partial charge on any atom is 0.276 e. The van der Waals surface area contributed by atoms with Crippen LogP contribution in [0.5, 0.6) is 0 Å². The molecule has 0 unspecified atom stereocenters. The zero-order valence-corrected chi connectivity index (χ0v) is 8.71. The Morgan fingerprint density at radius 1 is 1.29 bits per heavy atom. The average Bonchev–Trinajstić information content (AvgIpc) is 2.67. The Morgan fingerprint density at radius 2 is 2.14 bits per heavy atom. The van der Waals surface area contributed by atoms with Crippen LogP contribution in [0, 0.1) is 6.92 Å². The Bertz CT molecular complexity index is 424. The zero-order chi connectivity index (χ0) is 9.97. The first kappa shape index (κ1) is 9.21. The van der Waals surface area contributed by atoms with Gasteiger partial charge in [0.2, 0.25) is 0 Å². The number of rotatable bonds is 2. The van der Waals surface area contributed by atoms with Crippen LogP contribution < -0.4 is 0 Å². The van der Waals surface area contributed by atoms with Crippen LogP contribution in [0.4, 0.5) is 0 Å². The van der Waals surface area contributed by atoms with Gasteiger partial charge in [-0.2, -0.15) is 0 Å². The summed E-state index contributed by atoms with van der Waals surface area (Å²) < 4.78 is 5.34. The van der Waals surface area contributed by atoms with Gasteiger partial charge in [-0.1, -0.05) is 17.8 Å². The molecule has 0 aliphatic heterocycles. The summed E-state index contributed by atoms with van der Waals surface area (Å²) in [7, 11) is 0. The summed E-state index contributed by atoms with van der Waals surface area (Å²) in [6.45, 7) is 1.98. The highest BCUT2D eigenvalue weighted by Gasteiger charge is 2.07. The maximum atomic E-state index is 5.34. The average molecular weight is 207 g/mol. The second-order valence-corrected chi connectivity index (χ2v) is 3.56. The minimum atomic E-state index is 0.467. The summed E-state index contributed by atoms with van der Waals surface area (Å²) in [6, 6.07) is 3.83. The number of hydrogen-bond donors (Lipinski definition) is 0. The van der Waals surface area contributed by atoms with Crippen LogP contribution in [0.15, 0.2) is 28.0 Å². The second-order valence-electron chi connectivity index (χ2n) is 2.80. The summed E-state index contributed by atoms with van der Waals surface area (Å²) in [6.07, 6.45) is 3.66. The zero-order valence-electron chi connectivity index (χ0n) is 7.89. The Morgan fingerprint density at radius 3 is 2.71 bits per heavy atom. The van der Waals surface area contributed by atoms with Crippen molar-refractivity contribution in [1.82, 2.24) is 15.2 Å². The van der Waals surface area contributed by atoms with Crippen molar-refractivity contribution < 1.29 is 4.42 Å². The van der Waals surface area contributed by atoms with Crippen LogP contribution in [0.1, 0.15) is 5.56 Å². The predicted octanol–water partition coefficient (Wildman–Crippen LogP) is 2.16. The number of pyridine rings is 1. The quantitative estimate of drug-likeness (QED) is 0.706. The van der Waals surface area contributed by atoms with E-state index in [0.29, 0.717) is 16.8 Å². The summed E-state index contributed by atoms with van der Waals surface area (Å²) in [5.74, 6) is 0.467. The number of thioether (sulfide) groups is 1. The SMILES string of the molecule is CSc1nnc(-c2ccc(C)cn2)o1. The van der Waals surface area contributed by atoms with Crippen LogP contribution >= 0.6 is 11.8 Å². The van der Waals surface area contributed by atoms with Gasteiger partial charge in [-0.25, -0.2) is 0 Å². The third-order valence-electron chi connectivity index (χ3n) is 1.71. The smallest absolute Gasteiger partial charge is 0.276 e. The fourth-order valence-electron chi connectivity index (χ4n) is 0.990. The molecule has 0 radical (unpaired) electrons. The largest absolute Gasteiger partial charge is 0.410 e. The van der Waals surface area contributed by atoms with Gasteiger partial charge in [-0.3, -0.25) is 4.98 Å². The Labute approximate surface area is 85.8 Å². The molecule has 0 saturated heterocycles. The molecule has 14 heavy (non-hydrogen) atoms. The second kappa shape index (κ2) is 3.79. The van der Waals surface area contributed by atoms with E-state index in [1.54, 1.807) is 6.20 Å². The monoisotopic (exact) mass is 207 g/mol. The van der Waals surface area contributed by atoms with E-state index in [1.165, 1.54) is 11.8 Å². The number of hydrogen-bond acceptors (Lipinski definition) is 5. The molecule has 0 bridgehead atoms. The number of aromatic nitrogens is 3. The lowest BCUT2D eigenvalue weighted by atomic mass is 10.3. The highest BCUT2D eigenvalue weighted by molar-refractivity contribution is 7.98. The molecule has 5 heteroatoms. The molecule has 0 aliphatic carbocycles. The summed E-state index contributed by atoms with van der Waals surface area (Å²) in [5.41, 5.74) is 1.82. The van der Waals surface area contributed by atoms with Gasteiger partial charge in [0.25, 0.3) is 11.1 Å². The van der Waals surface area contributed by atoms with Gasteiger partial charge in [0.1, 0.15) is 5.69 Å². The van der Waals surface area contributed by atoms with E-state index in [1.807, 2.05) is 25.3 Å². The first-order valence-electron chi connectivity index (χ1n) is 4.10. The van der Waals surface area contributed by atoms with E-state index < -0.39 is 0 Å². The molecular weight excluding hydrogens is 198 g/mol. The molecule has 0 N–H and O–H groups in total. The number of nitrogens with zero attached hydrogens (tertiary/aromatic N) is 3. The van der Waals surface area contributed by atoms with Crippen molar-refractivity contribution in [2.24, 2.45) is 0 Å². The van der Waals surface area contributed by atoms with E-state index in [2.05, 4.69) is 15.2 Å². The first-order chi connectivity index (χ1) is 6.79. The lowest BCUT2D eigenvalue weighted by Crippen LogP contribution is -1.83. The number of aryl methyl sites for hydroxylation is 1. The molecule has 0 amide bonds.